The number of nitrogens with one attached hydrogen (secondary N) is 2. The van der Waals surface area contributed by atoms with E-state index in [1.54, 1.807) is 53.2 Å². The number of halogens is 1. The number of ether oxygens (including phenoxy) is 1. The van der Waals surface area contributed by atoms with E-state index in [0.29, 0.717) is 23.0 Å². The predicted octanol–water partition coefficient (Wildman–Crippen LogP) is 4.09. The van der Waals surface area contributed by atoms with Crippen molar-refractivity contribution in [3.05, 3.63) is 112 Å². The maximum atomic E-state index is 12.9. The highest BCUT2D eigenvalue weighted by atomic mass is 35.5. The molecular weight excluding hydrogens is 502 g/mol. The molecular formula is C25H20ClN5O4S. The molecule has 2 aromatic carbocycles. The summed E-state index contributed by atoms with van der Waals surface area (Å²) in [6.45, 7) is 0.401. The molecule has 0 saturated heterocycles. The second-order valence-corrected chi connectivity index (χ2v) is 10.2. The van der Waals surface area contributed by atoms with Crippen molar-refractivity contribution in [3.63, 3.8) is 0 Å². The Morgan fingerprint density at radius 2 is 1.83 bits per heavy atom. The van der Waals surface area contributed by atoms with Gasteiger partial charge in [0.25, 0.3) is 5.56 Å². The number of nitrogens with zero attached hydrogens (tertiary/aromatic N) is 3. The number of fused-ring (bicyclic) bond motifs is 1. The minimum atomic E-state index is -3.89. The van der Waals surface area contributed by atoms with Crippen LogP contribution in [-0.4, -0.2) is 28.2 Å². The van der Waals surface area contributed by atoms with E-state index in [1.807, 2.05) is 12.1 Å². The molecule has 0 unspecified atom stereocenters. The first-order valence-electron chi connectivity index (χ1n) is 10.9. The highest BCUT2D eigenvalue weighted by Crippen LogP contribution is 2.24. The summed E-state index contributed by atoms with van der Waals surface area (Å²) in [5.41, 5.74) is 2.11. The molecule has 3 aromatic heterocycles. The lowest BCUT2D eigenvalue weighted by Gasteiger charge is -2.10. The van der Waals surface area contributed by atoms with Gasteiger partial charge in [0.05, 0.1) is 30.5 Å². The van der Waals surface area contributed by atoms with Gasteiger partial charge in [-0.25, -0.2) is 13.1 Å². The summed E-state index contributed by atoms with van der Waals surface area (Å²) >= 11 is 6.05. The average Bonchev–Trinajstić information content (AvgIpc) is 3.28. The molecule has 0 aliphatic rings. The fourth-order valence-electron chi connectivity index (χ4n) is 3.61. The minimum absolute atomic E-state index is 0.0281. The van der Waals surface area contributed by atoms with Crippen molar-refractivity contribution >= 4 is 32.5 Å². The molecule has 2 N–H and O–H groups in total. The zero-order valence-electron chi connectivity index (χ0n) is 18.8. The lowest BCUT2D eigenvalue weighted by molar-refractivity contribution is 0.477. The Hall–Kier alpha value is -3.99. The quantitative estimate of drug-likeness (QED) is 0.317. The standard InChI is InChI=1S/C25H20ClN5O4S/c26-18-6-9-23-22(11-18)24(30-29-23)15-28-36(33,34)21-12-20(13-27-14-21)35-19-7-4-17(5-8-19)16-31-10-2-1-3-25(31)32/h1-14,28H,15-16H2,(H,29,30). The van der Waals surface area contributed by atoms with Crippen molar-refractivity contribution < 1.29 is 13.2 Å². The maximum Gasteiger partial charge on any atom is 0.250 e. The third-order valence-corrected chi connectivity index (χ3v) is 7.05. The van der Waals surface area contributed by atoms with Crippen molar-refractivity contribution in [2.45, 2.75) is 18.0 Å². The summed E-state index contributed by atoms with van der Waals surface area (Å²) < 4.78 is 35.7. The molecule has 11 heteroatoms. The van der Waals surface area contributed by atoms with Crippen LogP contribution in [0.15, 0.2) is 95.0 Å². The number of benzene rings is 2. The van der Waals surface area contributed by atoms with Crippen LogP contribution in [0.5, 0.6) is 11.5 Å². The van der Waals surface area contributed by atoms with Crippen LogP contribution in [0, 0.1) is 0 Å². The van der Waals surface area contributed by atoms with E-state index in [2.05, 4.69) is 19.9 Å². The number of hydrogen-bond acceptors (Lipinski definition) is 6. The third-order valence-electron chi connectivity index (χ3n) is 5.44. The van der Waals surface area contributed by atoms with Gasteiger partial charge >= 0.3 is 0 Å². The van der Waals surface area contributed by atoms with E-state index in [0.717, 1.165) is 16.5 Å². The van der Waals surface area contributed by atoms with Crippen LogP contribution in [-0.2, 0) is 23.1 Å². The molecule has 0 spiro atoms. The molecule has 0 saturated carbocycles. The first kappa shape index (κ1) is 23.7. The Morgan fingerprint density at radius 1 is 1.00 bits per heavy atom. The Bertz CT molecular complexity index is 1700. The van der Waals surface area contributed by atoms with E-state index in [-0.39, 0.29) is 22.7 Å². The molecule has 0 bridgehead atoms. The molecule has 5 rings (SSSR count). The van der Waals surface area contributed by atoms with Crippen LogP contribution < -0.4 is 15.0 Å². The highest BCUT2D eigenvalue weighted by molar-refractivity contribution is 7.89. The summed E-state index contributed by atoms with van der Waals surface area (Å²) in [6.07, 6.45) is 4.40. The number of pyridine rings is 2. The molecule has 182 valence electrons. The minimum Gasteiger partial charge on any atom is -0.456 e. The first-order chi connectivity index (χ1) is 17.4. The van der Waals surface area contributed by atoms with Crippen LogP contribution >= 0.6 is 11.6 Å². The van der Waals surface area contributed by atoms with Crippen LogP contribution in [0.1, 0.15) is 11.3 Å². The lowest BCUT2D eigenvalue weighted by atomic mass is 10.2. The van der Waals surface area contributed by atoms with E-state index < -0.39 is 10.0 Å². The number of H-pyrrole nitrogens is 1. The fraction of sp³-hybridized carbons (Fsp3) is 0.0800. The largest absolute Gasteiger partial charge is 0.456 e. The van der Waals surface area contributed by atoms with Crippen molar-refractivity contribution in [2.24, 2.45) is 0 Å². The SMILES string of the molecule is O=c1ccccn1Cc1ccc(Oc2cncc(S(=O)(=O)NCc3n[nH]c4ccc(Cl)cc34)c2)cc1. The maximum absolute atomic E-state index is 12.9. The topological polar surface area (TPSA) is 119 Å². The lowest BCUT2D eigenvalue weighted by Crippen LogP contribution is -2.23. The summed E-state index contributed by atoms with van der Waals surface area (Å²) in [4.78, 5) is 15.9. The van der Waals surface area contributed by atoms with Gasteiger partial charge in [-0.2, -0.15) is 5.10 Å². The third kappa shape index (κ3) is 5.30. The van der Waals surface area contributed by atoms with Crippen LogP contribution in [0.3, 0.4) is 0 Å². The first-order valence-corrected chi connectivity index (χ1v) is 12.7. The Labute approximate surface area is 211 Å². The number of rotatable bonds is 8. The molecule has 5 aromatic rings. The van der Waals surface area contributed by atoms with Crippen molar-refractivity contribution in [3.8, 4) is 11.5 Å². The van der Waals surface area contributed by atoms with Gasteiger partial charge in [-0.05, 0) is 42.0 Å². The van der Waals surface area contributed by atoms with E-state index in [4.69, 9.17) is 16.3 Å². The van der Waals surface area contributed by atoms with Gasteiger partial charge in [-0.1, -0.05) is 29.8 Å². The summed E-state index contributed by atoms with van der Waals surface area (Å²) in [6, 6.07) is 18.8. The molecule has 0 aliphatic carbocycles. The van der Waals surface area contributed by atoms with Crippen molar-refractivity contribution in [1.82, 2.24) is 24.5 Å². The Balaban J connectivity index is 1.27. The van der Waals surface area contributed by atoms with Crippen molar-refractivity contribution in [1.29, 1.82) is 0 Å². The molecule has 36 heavy (non-hydrogen) atoms. The van der Waals surface area contributed by atoms with E-state index in [9.17, 15) is 13.2 Å². The number of sulfonamides is 1. The molecule has 0 amide bonds. The molecule has 0 atom stereocenters. The second kappa shape index (κ2) is 9.94. The molecule has 3 heterocycles. The van der Waals surface area contributed by atoms with E-state index in [1.165, 1.54) is 24.5 Å². The molecule has 0 fully saturated rings. The van der Waals surface area contributed by atoms with Crippen molar-refractivity contribution in [2.75, 3.05) is 0 Å². The predicted molar refractivity (Wildman–Crippen MR) is 136 cm³/mol. The number of aromatic amines is 1. The molecule has 0 radical (unpaired) electrons. The van der Waals surface area contributed by atoms with Gasteiger partial charge in [0.2, 0.25) is 10.0 Å². The highest BCUT2D eigenvalue weighted by Gasteiger charge is 2.17. The normalized spacial score (nSPS) is 11.6. The van der Waals surface area contributed by atoms with Gasteiger partial charge in [0.1, 0.15) is 16.4 Å². The Morgan fingerprint density at radius 3 is 2.64 bits per heavy atom. The van der Waals surface area contributed by atoms with Gasteiger partial charge in [0.15, 0.2) is 0 Å². The zero-order chi connectivity index (χ0) is 25.1. The van der Waals surface area contributed by atoms with Crippen LogP contribution in [0.2, 0.25) is 5.02 Å². The monoisotopic (exact) mass is 521 g/mol. The summed E-state index contributed by atoms with van der Waals surface area (Å²) in [5.74, 6) is 0.769. The second-order valence-electron chi connectivity index (χ2n) is 7.95. The van der Waals surface area contributed by atoms with Gasteiger partial charge in [0, 0.05) is 34.9 Å². The summed E-state index contributed by atoms with van der Waals surface area (Å²) in [7, 11) is -3.89. The summed E-state index contributed by atoms with van der Waals surface area (Å²) in [5, 5.41) is 8.30. The van der Waals surface area contributed by atoms with E-state index >= 15 is 0 Å². The Kier molecular flexibility index (Phi) is 6.55. The number of aromatic nitrogens is 4. The van der Waals surface area contributed by atoms with Gasteiger partial charge in [-0.15, -0.1) is 0 Å². The zero-order valence-corrected chi connectivity index (χ0v) is 20.3. The molecule has 0 aliphatic heterocycles. The fourth-order valence-corrected chi connectivity index (χ4v) is 4.75. The molecule has 9 nitrogen and oxygen atoms in total. The smallest absolute Gasteiger partial charge is 0.250 e. The van der Waals surface area contributed by atoms with Gasteiger partial charge in [-0.3, -0.25) is 14.9 Å². The van der Waals surface area contributed by atoms with Gasteiger partial charge < -0.3 is 9.30 Å². The van der Waals surface area contributed by atoms with Crippen LogP contribution in [0.4, 0.5) is 0 Å². The van der Waals surface area contributed by atoms with Crippen LogP contribution in [0.25, 0.3) is 10.9 Å². The average molecular weight is 522 g/mol. The number of hydrogen-bond donors (Lipinski definition) is 2.